The second-order valence-corrected chi connectivity index (χ2v) is 5.34. The smallest absolute Gasteiger partial charge is 0.159 e. The molecule has 0 unspecified atom stereocenters. The van der Waals surface area contributed by atoms with Gasteiger partial charge in [0.2, 0.25) is 0 Å². The lowest BCUT2D eigenvalue weighted by molar-refractivity contribution is 0.101. The highest BCUT2D eigenvalue weighted by Crippen LogP contribution is 2.23. The molecule has 2 aromatic carbocycles. The van der Waals surface area contributed by atoms with Gasteiger partial charge < -0.3 is 10.1 Å². The monoisotopic (exact) mass is 297 g/mol. The van der Waals surface area contributed by atoms with Gasteiger partial charge in [0.25, 0.3) is 0 Å². The first-order valence-corrected chi connectivity index (χ1v) is 7.65. The van der Waals surface area contributed by atoms with Gasteiger partial charge >= 0.3 is 0 Å². The van der Waals surface area contributed by atoms with E-state index in [1.54, 1.807) is 14.0 Å². The van der Waals surface area contributed by atoms with Crippen LogP contribution in [-0.4, -0.2) is 26.0 Å². The van der Waals surface area contributed by atoms with Crippen LogP contribution in [0, 0.1) is 0 Å². The molecule has 0 aliphatic carbocycles. The van der Waals surface area contributed by atoms with Crippen LogP contribution in [0.3, 0.4) is 0 Å². The summed E-state index contributed by atoms with van der Waals surface area (Å²) in [5.74, 6) is 0.0954. The van der Waals surface area contributed by atoms with Gasteiger partial charge in [-0.3, -0.25) is 4.79 Å². The Morgan fingerprint density at radius 1 is 1.05 bits per heavy atom. The number of anilines is 1. The molecule has 0 fully saturated rings. The van der Waals surface area contributed by atoms with Gasteiger partial charge in [0.15, 0.2) is 5.78 Å². The predicted octanol–water partition coefficient (Wildman–Crippen LogP) is 4.39. The Balaban J connectivity index is 2.00. The highest BCUT2D eigenvalue weighted by Gasteiger charge is 2.02. The largest absolute Gasteiger partial charge is 0.385 e. The minimum absolute atomic E-state index is 0.0954. The number of Topliss-reactive ketones (excluding diaryl/α,β-unsaturated/α-hetero) is 1. The Morgan fingerprint density at radius 2 is 1.82 bits per heavy atom. The zero-order chi connectivity index (χ0) is 15.8. The number of ketones is 1. The third-order valence-corrected chi connectivity index (χ3v) is 3.59. The van der Waals surface area contributed by atoms with Gasteiger partial charge in [-0.25, -0.2) is 0 Å². The fraction of sp³-hybridized carbons (Fsp3) is 0.316. The molecule has 0 aromatic heterocycles. The summed E-state index contributed by atoms with van der Waals surface area (Å²) in [5, 5.41) is 3.43. The summed E-state index contributed by atoms with van der Waals surface area (Å²) in [6, 6.07) is 16.1. The molecule has 0 amide bonds. The Labute approximate surface area is 132 Å². The number of methoxy groups -OCH3 is 1. The Bertz CT molecular complexity index is 605. The molecule has 0 aliphatic heterocycles. The van der Waals surface area contributed by atoms with Gasteiger partial charge in [-0.05, 0) is 43.0 Å². The Hall–Kier alpha value is -2.13. The van der Waals surface area contributed by atoms with Crippen LogP contribution in [0.2, 0.25) is 0 Å². The van der Waals surface area contributed by atoms with Crippen LogP contribution in [0.25, 0.3) is 11.1 Å². The molecule has 0 saturated carbocycles. The number of hydrogen-bond donors (Lipinski definition) is 1. The molecule has 0 aliphatic rings. The van der Waals surface area contributed by atoms with E-state index in [0.717, 1.165) is 48.4 Å². The van der Waals surface area contributed by atoms with Crippen LogP contribution in [0.4, 0.5) is 5.69 Å². The number of ether oxygens (including phenoxy) is 1. The minimum atomic E-state index is 0.0954. The molecule has 0 heterocycles. The van der Waals surface area contributed by atoms with E-state index in [0.29, 0.717) is 0 Å². The maximum atomic E-state index is 11.3. The van der Waals surface area contributed by atoms with Gasteiger partial charge in [-0.1, -0.05) is 36.4 Å². The van der Waals surface area contributed by atoms with Crippen molar-refractivity contribution < 1.29 is 9.53 Å². The summed E-state index contributed by atoms with van der Waals surface area (Å²) in [6.45, 7) is 3.34. The fourth-order valence-corrected chi connectivity index (χ4v) is 2.31. The summed E-state index contributed by atoms with van der Waals surface area (Å²) >= 11 is 0. The molecule has 0 spiro atoms. The molecule has 0 saturated heterocycles. The molecule has 116 valence electrons. The van der Waals surface area contributed by atoms with Crippen molar-refractivity contribution in [3.8, 4) is 11.1 Å². The molecular formula is C19H23NO2. The minimum Gasteiger partial charge on any atom is -0.385 e. The molecular weight excluding hydrogens is 274 g/mol. The van der Waals surface area contributed by atoms with Crippen LogP contribution in [0.1, 0.15) is 30.1 Å². The van der Waals surface area contributed by atoms with Crippen molar-refractivity contribution in [1.29, 1.82) is 0 Å². The first kappa shape index (κ1) is 16.2. The Morgan fingerprint density at radius 3 is 2.50 bits per heavy atom. The van der Waals surface area contributed by atoms with Crippen molar-refractivity contribution in [3.05, 3.63) is 54.1 Å². The summed E-state index contributed by atoms with van der Waals surface area (Å²) < 4.78 is 5.05. The van der Waals surface area contributed by atoms with E-state index in [1.165, 1.54) is 0 Å². The van der Waals surface area contributed by atoms with Crippen molar-refractivity contribution >= 4 is 11.5 Å². The summed E-state index contributed by atoms with van der Waals surface area (Å²) in [7, 11) is 1.73. The van der Waals surface area contributed by atoms with Crippen molar-refractivity contribution in [1.82, 2.24) is 0 Å². The third kappa shape index (κ3) is 4.71. The van der Waals surface area contributed by atoms with Gasteiger partial charge in [-0.2, -0.15) is 0 Å². The number of carbonyl (C=O) groups excluding carboxylic acids is 1. The average molecular weight is 297 g/mol. The van der Waals surface area contributed by atoms with E-state index in [4.69, 9.17) is 4.74 Å². The lowest BCUT2D eigenvalue weighted by atomic mass is 10.0. The number of hydrogen-bond acceptors (Lipinski definition) is 3. The maximum Gasteiger partial charge on any atom is 0.159 e. The van der Waals surface area contributed by atoms with Gasteiger partial charge in [0, 0.05) is 31.5 Å². The van der Waals surface area contributed by atoms with E-state index in [2.05, 4.69) is 23.5 Å². The topological polar surface area (TPSA) is 38.3 Å². The molecule has 1 N–H and O–H groups in total. The van der Waals surface area contributed by atoms with E-state index >= 15 is 0 Å². The molecule has 22 heavy (non-hydrogen) atoms. The van der Waals surface area contributed by atoms with E-state index in [9.17, 15) is 4.79 Å². The average Bonchev–Trinajstić information content (AvgIpc) is 2.55. The summed E-state index contributed by atoms with van der Waals surface area (Å²) in [6.07, 6.45) is 2.15. The summed E-state index contributed by atoms with van der Waals surface area (Å²) in [4.78, 5) is 11.3. The van der Waals surface area contributed by atoms with Gasteiger partial charge in [0.05, 0.1) is 0 Å². The van der Waals surface area contributed by atoms with Crippen molar-refractivity contribution in [2.75, 3.05) is 25.6 Å². The lowest BCUT2D eigenvalue weighted by Crippen LogP contribution is -2.02. The first-order valence-electron chi connectivity index (χ1n) is 7.65. The van der Waals surface area contributed by atoms with Crippen molar-refractivity contribution in [3.63, 3.8) is 0 Å². The molecule has 0 atom stereocenters. The summed E-state index contributed by atoms with van der Waals surface area (Å²) in [5.41, 5.74) is 4.13. The number of rotatable bonds is 8. The molecule has 2 rings (SSSR count). The highest BCUT2D eigenvalue weighted by atomic mass is 16.5. The molecule has 0 bridgehead atoms. The molecule has 0 radical (unpaired) electrons. The Kier molecular flexibility index (Phi) is 6.16. The van der Waals surface area contributed by atoms with E-state index in [1.807, 2.05) is 30.3 Å². The maximum absolute atomic E-state index is 11.3. The normalized spacial score (nSPS) is 10.5. The second-order valence-electron chi connectivity index (χ2n) is 5.34. The molecule has 3 nitrogen and oxygen atoms in total. The van der Waals surface area contributed by atoms with Crippen LogP contribution in [0.5, 0.6) is 0 Å². The standard InChI is InChI=1S/C19H23NO2/c1-15(21)16-8-10-17(11-9-16)18-6-5-7-19(14-18)20-12-3-4-13-22-2/h5-11,14,20H,3-4,12-13H2,1-2H3. The zero-order valence-electron chi connectivity index (χ0n) is 13.3. The van der Waals surface area contributed by atoms with Crippen LogP contribution < -0.4 is 5.32 Å². The molecule has 2 aromatic rings. The van der Waals surface area contributed by atoms with Gasteiger partial charge in [0.1, 0.15) is 0 Å². The van der Waals surface area contributed by atoms with Crippen LogP contribution in [-0.2, 0) is 4.74 Å². The van der Waals surface area contributed by atoms with Crippen LogP contribution in [0.15, 0.2) is 48.5 Å². The number of unbranched alkanes of at least 4 members (excludes halogenated alkanes) is 1. The lowest BCUT2D eigenvalue weighted by Gasteiger charge is -2.09. The van der Waals surface area contributed by atoms with Crippen molar-refractivity contribution in [2.24, 2.45) is 0 Å². The molecule has 3 heteroatoms. The number of nitrogens with one attached hydrogen (secondary N) is 1. The number of carbonyl (C=O) groups is 1. The van der Waals surface area contributed by atoms with Crippen molar-refractivity contribution in [2.45, 2.75) is 19.8 Å². The van der Waals surface area contributed by atoms with Crippen LogP contribution >= 0.6 is 0 Å². The van der Waals surface area contributed by atoms with E-state index in [-0.39, 0.29) is 5.78 Å². The third-order valence-electron chi connectivity index (χ3n) is 3.59. The predicted molar refractivity (Wildman–Crippen MR) is 91.5 cm³/mol. The van der Waals surface area contributed by atoms with Gasteiger partial charge in [-0.15, -0.1) is 0 Å². The zero-order valence-corrected chi connectivity index (χ0v) is 13.3. The SMILES string of the molecule is COCCCCNc1cccc(-c2ccc(C(C)=O)cc2)c1. The second kappa shape index (κ2) is 8.35. The quantitative estimate of drug-likeness (QED) is 0.580. The highest BCUT2D eigenvalue weighted by molar-refractivity contribution is 5.94. The van der Waals surface area contributed by atoms with E-state index < -0.39 is 0 Å². The number of benzene rings is 2. The fourth-order valence-electron chi connectivity index (χ4n) is 2.31. The first-order chi connectivity index (χ1) is 10.7.